The van der Waals surface area contributed by atoms with Crippen molar-refractivity contribution >= 4 is 17.2 Å². The van der Waals surface area contributed by atoms with E-state index in [0.29, 0.717) is 4.88 Å². The first-order valence-corrected chi connectivity index (χ1v) is 7.74. The second kappa shape index (κ2) is 5.93. The smallest absolute Gasteiger partial charge is 0.259 e. The van der Waals surface area contributed by atoms with E-state index in [4.69, 9.17) is 5.73 Å². The minimum Gasteiger partial charge on any atom is -0.365 e. The van der Waals surface area contributed by atoms with Gasteiger partial charge in [-0.25, -0.2) is 8.78 Å². The number of thiophene rings is 1. The molecular weight excluding hydrogens is 316 g/mol. The Bertz CT molecular complexity index is 867. The number of halogens is 2. The van der Waals surface area contributed by atoms with Gasteiger partial charge >= 0.3 is 0 Å². The maximum absolute atomic E-state index is 13.2. The minimum atomic E-state index is -0.510. The van der Waals surface area contributed by atoms with Crippen LogP contribution in [0.3, 0.4) is 0 Å². The highest BCUT2D eigenvalue weighted by Gasteiger charge is 2.20. The lowest BCUT2D eigenvalue weighted by atomic mass is 9.98. The van der Waals surface area contributed by atoms with Crippen LogP contribution < -0.4 is 5.73 Å². The van der Waals surface area contributed by atoms with E-state index in [1.807, 2.05) is 6.92 Å². The number of primary amides is 1. The Morgan fingerprint density at radius 2 is 1.39 bits per heavy atom. The van der Waals surface area contributed by atoms with Gasteiger partial charge in [0.05, 0.1) is 4.88 Å². The summed E-state index contributed by atoms with van der Waals surface area (Å²) >= 11 is 1.26. The van der Waals surface area contributed by atoms with Crippen LogP contribution in [0.2, 0.25) is 0 Å². The molecule has 1 aromatic heterocycles. The zero-order valence-corrected chi connectivity index (χ0v) is 13.1. The fourth-order valence-corrected chi connectivity index (χ4v) is 3.70. The molecular formula is C18H13F2NOS. The van der Waals surface area contributed by atoms with Crippen molar-refractivity contribution in [3.8, 4) is 21.6 Å². The van der Waals surface area contributed by atoms with Crippen LogP contribution in [0, 0.1) is 18.6 Å². The number of amides is 1. The molecule has 2 aromatic carbocycles. The molecule has 0 aliphatic rings. The van der Waals surface area contributed by atoms with Crippen molar-refractivity contribution in [2.75, 3.05) is 0 Å². The predicted molar refractivity (Wildman–Crippen MR) is 88.4 cm³/mol. The summed E-state index contributed by atoms with van der Waals surface area (Å²) < 4.78 is 26.4. The average Bonchev–Trinajstić information content (AvgIpc) is 2.87. The van der Waals surface area contributed by atoms with E-state index in [-0.39, 0.29) is 11.6 Å². The summed E-state index contributed by atoms with van der Waals surface area (Å²) in [6.45, 7) is 1.81. The largest absolute Gasteiger partial charge is 0.365 e. The monoisotopic (exact) mass is 329 g/mol. The molecule has 3 rings (SSSR count). The number of rotatable bonds is 3. The molecule has 116 valence electrons. The van der Waals surface area contributed by atoms with Crippen molar-refractivity contribution < 1.29 is 13.6 Å². The van der Waals surface area contributed by atoms with Crippen LogP contribution in [0.5, 0.6) is 0 Å². The van der Waals surface area contributed by atoms with Gasteiger partial charge in [0.1, 0.15) is 11.6 Å². The molecule has 0 unspecified atom stereocenters. The highest BCUT2D eigenvalue weighted by atomic mass is 32.1. The number of carbonyl (C=O) groups excluding carboxylic acids is 1. The van der Waals surface area contributed by atoms with Crippen LogP contribution in [-0.2, 0) is 0 Å². The molecule has 0 saturated carbocycles. The highest BCUT2D eigenvalue weighted by Crippen LogP contribution is 2.42. The summed E-state index contributed by atoms with van der Waals surface area (Å²) in [4.78, 5) is 12.9. The second-order valence-electron chi connectivity index (χ2n) is 5.14. The molecule has 23 heavy (non-hydrogen) atoms. The highest BCUT2D eigenvalue weighted by molar-refractivity contribution is 7.18. The summed E-state index contributed by atoms with van der Waals surface area (Å²) in [5.74, 6) is -1.18. The summed E-state index contributed by atoms with van der Waals surface area (Å²) in [7, 11) is 0. The molecule has 0 radical (unpaired) electrons. The molecule has 0 saturated heterocycles. The quantitative estimate of drug-likeness (QED) is 0.739. The summed E-state index contributed by atoms with van der Waals surface area (Å²) in [5.41, 5.74) is 8.58. The maximum Gasteiger partial charge on any atom is 0.259 e. The molecule has 1 heterocycles. The first-order chi connectivity index (χ1) is 11.0. The maximum atomic E-state index is 13.2. The van der Waals surface area contributed by atoms with Crippen LogP contribution in [0.1, 0.15) is 15.2 Å². The van der Waals surface area contributed by atoms with Gasteiger partial charge in [0.2, 0.25) is 0 Å². The van der Waals surface area contributed by atoms with Gasteiger partial charge in [-0.15, -0.1) is 11.3 Å². The third kappa shape index (κ3) is 2.87. The molecule has 1 amide bonds. The summed E-state index contributed by atoms with van der Waals surface area (Å²) in [6.07, 6.45) is 0. The molecule has 0 aliphatic heterocycles. The zero-order valence-electron chi connectivity index (χ0n) is 12.3. The summed E-state index contributed by atoms with van der Waals surface area (Å²) in [5, 5.41) is 0. The summed E-state index contributed by atoms with van der Waals surface area (Å²) in [6, 6.07) is 12.1. The topological polar surface area (TPSA) is 43.1 Å². The van der Waals surface area contributed by atoms with Gasteiger partial charge in [-0.05, 0) is 47.9 Å². The van der Waals surface area contributed by atoms with Crippen LogP contribution in [0.4, 0.5) is 8.78 Å². The van der Waals surface area contributed by atoms with Crippen LogP contribution in [-0.4, -0.2) is 5.91 Å². The minimum absolute atomic E-state index is 0.333. The van der Waals surface area contributed by atoms with E-state index in [0.717, 1.165) is 27.1 Å². The van der Waals surface area contributed by atoms with E-state index in [1.165, 1.54) is 35.6 Å². The Labute approximate surface area is 136 Å². The van der Waals surface area contributed by atoms with E-state index in [9.17, 15) is 13.6 Å². The molecule has 2 nitrogen and oxygen atoms in total. The Morgan fingerprint density at radius 3 is 1.87 bits per heavy atom. The molecule has 5 heteroatoms. The van der Waals surface area contributed by atoms with Gasteiger partial charge < -0.3 is 5.73 Å². The van der Waals surface area contributed by atoms with Gasteiger partial charge in [0.25, 0.3) is 5.91 Å². The Kier molecular flexibility index (Phi) is 3.96. The van der Waals surface area contributed by atoms with Crippen molar-refractivity contribution in [2.24, 2.45) is 5.73 Å². The number of carbonyl (C=O) groups is 1. The number of hydrogen-bond donors (Lipinski definition) is 1. The Balaban J connectivity index is 2.25. The van der Waals surface area contributed by atoms with Crippen LogP contribution in [0.25, 0.3) is 21.6 Å². The average molecular weight is 329 g/mol. The standard InChI is InChI=1S/C18H13F2NOS/c1-10-15(11-2-6-13(19)7-3-11)17(23-16(10)18(21)22)12-4-8-14(20)9-5-12/h2-9H,1H3,(H2,21,22). The molecule has 0 aliphatic carbocycles. The third-order valence-corrected chi connectivity index (χ3v) is 4.97. The molecule has 3 aromatic rings. The molecule has 2 N–H and O–H groups in total. The fraction of sp³-hybridized carbons (Fsp3) is 0.0556. The van der Waals surface area contributed by atoms with Gasteiger partial charge in [-0.2, -0.15) is 0 Å². The number of hydrogen-bond acceptors (Lipinski definition) is 2. The first-order valence-electron chi connectivity index (χ1n) is 6.92. The van der Waals surface area contributed by atoms with Gasteiger partial charge in [0, 0.05) is 10.4 Å². The van der Waals surface area contributed by atoms with Gasteiger partial charge in [0.15, 0.2) is 0 Å². The van der Waals surface area contributed by atoms with Gasteiger partial charge in [-0.1, -0.05) is 24.3 Å². The molecule has 0 bridgehead atoms. The predicted octanol–water partition coefficient (Wildman–Crippen LogP) is 4.77. The van der Waals surface area contributed by atoms with E-state index in [2.05, 4.69) is 0 Å². The second-order valence-corrected chi connectivity index (χ2v) is 6.16. The number of benzene rings is 2. The lowest BCUT2D eigenvalue weighted by Crippen LogP contribution is -2.10. The van der Waals surface area contributed by atoms with Crippen LogP contribution in [0.15, 0.2) is 48.5 Å². The lowest BCUT2D eigenvalue weighted by Gasteiger charge is -2.06. The molecule has 0 spiro atoms. The first kappa shape index (κ1) is 15.4. The van der Waals surface area contributed by atoms with E-state index < -0.39 is 5.91 Å². The Hall–Kier alpha value is -2.53. The molecule has 0 fully saturated rings. The zero-order chi connectivity index (χ0) is 16.6. The van der Waals surface area contributed by atoms with E-state index in [1.54, 1.807) is 24.3 Å². The fourth-order valence-electron chi connectivity index (χ4n) is 2.52. The number of nitrogens with two attached hydrogens (primary N) is 1. The Morgan fingerprint density at radius 1 is 0.913 bits per heavy atom. The van der Waals surface area contributed by atoms with Crippen molar-refractivity contribution in [1.29, 1.82) is 0 Å². The third-order valence-electron chi connectivity index (χ3n) is 3.61. The lowest BCUT2D eigenvalue weighted by molar-refractivity contribution is 0.100. The van der Waals surface area contributed by atoms with Crippen molar-refractivity contribution in [2.45, 2.75) is 6.92 Å². The van der Waals surface area contributed by atoms with Crippen molar-refractivity contribution in [3.63, 3.8) is 0 Å². The van der Waals surface area contributed by atoms with E-state index >= 15 is 0 Å². The normalized spacial score (nSPS) is 10.7. The van der Waals surface area contributed by atoms with Gasteiger partial charge in [-0.3, -0.25) is 4.79 Å². The van der Waals surface area contributed by atoms with Crippen LogP contribution >= 0.6 is 11.3 Å². The van der Waals surface area contributed by atoms with Crippen molar-refractivity contribution in [3.05, 3.63) is 70.6 Å². The SMILES string of the molecule is Cc1c(C(N)=O)sc(-c2ccc(F)cc2)c1-c1ccc(F)cc1. The molecule has 0 atom stereocenters. The van der Waals surface area contributed by atoms with Crippen molar-refractivity contribution in [1.82, 2.24) is 0 Å².